The predicted octanol–water partition coefficient (Wildman–Crippen LogP) is -2.09. The third-order valence-electron chi connectivity index (χ3n) is 3.31. The van der Waals surface area contributed by atoms with E-state index in [-0.39, 0.29) is 62.2 Å². The van der Waals surface area contributed by atoms with Gasteiger partial charge in [0.05, 0.1) is 10.6 Å². The van der Waals surface area contributed by atoms with Crippen molar-refractivity contribution < 1.29 is 69.1 Å². The fraction of sp³-hybridized carbons (Fsp3) is 0.231. The van der Waals surface area contributed by atoms with Gasteiger partial charge in [-0.25, -0.2) is 13.1 Å². The molecular weight excluding hydrogens is 333 g/mol. The van der Waals surface area contributed by atoms with Gasteiger partial charge in [-0.2, -0.15) is 0 Å². The van der Waals surface area contributed by atoms with E-state index in [1.54, 1.807) is 17.2 Å². The Hall–Kier alpha value is -0.554. The Morgan fingerprint density at radius 2 is 1.82 bits per heavy atom. The van der Waals surface area contributed by atoms with Crippen molar-refractivity contribution in [2.75, 3.05) is 11.4 Å². The Morgan fingerprint density at radius 1 is 1.14 bits per heavy atom. The Labute approximate surface area is 170 Å². The maximum Gasteiger partial charge on any atom is 1.00 e. The molecule has 22 heavy (non-hydrogen) atoms. The number of carbonyl (C=O) groups excluding carboxylic acids is 1. The molecule has 1 aromatic heterocycles. The molecule has 0 saturated carbocycles. The Kier molecular flexibility index (Phi) is 5.59. The molecule has 2 aromatic rings. The number of carbonyl (C=O) groups is 1. The molecule has 110 valence electrons. The summed E-state index contributed by atoms with van der Waals surface area (Å²) in [4.78, 5) is 13.0. The van der Waals surface area contributed by atoms with Crippen LogP contribution in [0.25, 0.3) is 5.69 Å². The van der Waals surface area contributed by atoms with Gasteiger partial charge in [-0.05, 0) is 30.7 Å². The number of hydrogen-bond donors (Lipinski definition) is 0. The second-order valence-corrected chi connectivity index (χ2v) is 6.10. The summed E-state index contributed by atoms with van der Waals surface area (Å²) in [7, 11) is -4.45. The van der Waals surface area contributed by atoms with Gasteiger partial charge in [0.25, 0.3) is 0 Å². The summed E-state index contributed by atoms with van der Waals surface area (Å²) >= 11 is 0. The SMILES string of the molecule is O=C1CCCN1c1ccn(-c2ccc(S(=O)(=O)[O-])cc2)n1.[K+]. The van der Waals surface area contributed by atoms with Crippen LogP contribution in [-0.2, 0) is 14.9 Å². The standard InChI is InChI=1S/C13H13N3O4S.K/c17-13-2-1-8-15(13)12-7-9-16(14-12)10-3-5-11(6-4-10)21(18,19)20;/h3-7,9H,1-2,8H2,(H,18,19,20);/q;+1/p-1. The van der Waals surface area contributed by atoms with E-state index in [4.69, 9.17) is 0 Å². The number of benzene rings is 1. The summed E-state index contributed by atoms with van der Waals surface area (Å²) < 4.78 is 34.1. The quantitative estimate of drug-likeness (QED) is 0.469. The minimum atomic E-state index is -4.45. The fourth-order valence-corrected chi connectivity index (χ4v) is 2.73. The molecule has 2 heterocycles. The van der Waals surface area contributed by atoms with Gasteiger partial charge in [0.2, 0.25) is 5.91 Å². The van der Waals surface area contributed by atoms with Gasteiger partial charge >= 0.3 is 51.4 Å². The topological polar surface area (TPSA) is 95.3 Å². The number of anilines is 1. The van der Waals surface area contributed by atoms with Crippen molar-refractivity contribution in [3.63, 3.8) is 0 Å². The van der Waals surface area contributed by atoms with Crippen LogP contribution >= 0.6 is 0 Å². The molecule has 0 unspecified atom stereocenters. The third kappa shape index (κ3) is 3.67. The van der Waals surface area contributed by atoms with Crippen molar-refractivity contribution in [3.8, 4) is 5.69 Å². The maximum atomic E-state index is 11.7. The van der Waals surface area contributed by atoms with Crippen LogP contribution in [0.2, 0.25) is 0 Å². The van der Waals surface area contributed by atoms with Crippen molar-refractivity contribution in [1.82, 2.24) is 9.78 Å². The Bertz CT molecular complexity index is 786. The summed E-state index contributed by atoms with van der Waals surface area (Å²) in [6, 6.07) is 7.18. The van der Waals surface area contributed by atoms with Crippen LogP contribution in [0.3, 0.4) is 0 Å². The molecule has 1 saturated heterocycles. The molecule has 0 N–H and O–H groups in total. The first-order valence-electron chi connectivity index (χ1n) is 6.37. The zero-order valence-corrected chi connectivity index (χ0v) is 15.9. The molecule has 0 atom stereocenters. The molecule has 1 fully saturated rings. The minimum absolute atomic E-state index is 0. The van der Waals surface area contributed by atoms with Gasteiger partial charge in [-0.3, -0.25) is 9.69 Å². The molecule has 0 spiro atoms. The number of hydrogen-bond acceptors (Lipinski definition) is 5. The molecule has 0 radical (unpaired) electrons. The van der Waals surface area contributed by atoms with E-state index in [1.165, 1.54) is 28.9 Å². The van der Waals surface area contributed by atoms with E-state index in [2.05, 4.69) is 5.10 Å². The van der Waals surface area contributed by atoms with Crippen LogP contribution in [0, 0.1) is 0 Å². The molecule has 7 nitrogen and oxygen atoms in total. The van der Waals surface area contributed by atoms with Gasteiger partial charge in [0, 0.05) is 25.2 Å². The molecule has 3 rings (SSSR count). The smallest absolute Gasteiger partial charge is 0.744 e. The van der Waals surface area contributed by atoms with Crippen molar-refractivity contribution in [2.45, 2.75) is 17.7 Å². The van der Waals surface area contributed by atoms with Gasteiger partial charge in [0.15, 0.2) is 5.82 Å². The van der Waals surface area contributed by atoms with Gasteiger partial charge in [-0.15, -0.1) is 5.10 Å². The summed E-state index contributed by atoms with van der Waals surface area (Å²) in [5.74, 6) is 0.617. The van der Waals surface area contributed by atoms with E-state index in [0.717, 1.165) is 6.42 Å². The average Bonchev–Trinajstić information content (AvgIpc) is 3.06. The average molecular weight is 345 g/mol. The first-order chi connectivity index (χ1) is 9.95. The molecule has 0 bridgehead atoms. The van der Waals surface area contributed by atoms with Crippen LogP contribution in [-0.4, -0.2) is 35.2 Å². The monoisotopic (exact) mass is 345 g/mol. The van der Waals surface area contributed by atoms with Gasteiger partial charge < -0.3 is 4.55 Å². The normalized spacial score (nSPS) is 15.0. The van der Waals surface area contributed by atoms with Gasteiger partial charge in [-0.1, -0.05) is 0 Å². The van der Waals surface area contributed by atoms with Crippen LogP contribution in [0.1, 0.15) is 12.8 Å². The fourth-order valence-electron chi connectivity index (χ4n) is 2.26. The summed E-state index contributed by atoms with van der Waals surface area (Å²) in [5, 5.41) is 4.30. The second-order valence-electron chi connectivity index (χ2n) is 4.72. The number of amides is 1. The largest absolute Gasteiger partial charge is 1.00 e. The van der Waals surface area contributed by atoms with Gasteiger partial charge in [0.1, 0.15) is 10.1 Å². The first kappa shape index (κ1) is 17.8. The van der Waals surface area contributed by atoms with E-state index in [9.17, 15) is 17.8 Å². The molecule has 9 heteroatoms. The molecule has 1 aliphatic rings. The molecule has 0 aliphatic carbocycles. The molecule has 1 aliphatic heterocycles. The summed E-state index contributed by atoms with van der Waals surface area (Å²) in [5.41, 5.74) is 0.611. The van der Waals surface area contributed by atoms with Crippen molar-refractivity contribution in [3.05, 3.63) is 36.5 Å². The third-order valence-corrected chi connectivity index (χ3v) is 4.16. The maximum absolute atomic E-state index is 11.7. The Morgan fingerprint density at radius 3 is 2.36 bits per heavy atom. The molecule has 1 amide bonds. The number of aromatic nitrogens is 2. The van der Waals surface area contributed by atoms with Crippen LogP contribution in [0.4, 0.5) is 5.82 Å². The van der Waals surface area contributed by atoms with Crippen molar-refractivity contribution in [1.29, 1.82) is 0 Å². The number of nitrogens with zero attached hydrogens (tertiary/aromatic N) is 3. The van der Waals surface area contributed by atoms with E-state index in [0.29, 0.717) is 24.5 Å². The van der Waals surface area contributed by atoms with Crippen LogP contribution in [0.15, 0.2) is 41.4 Å². The number of rotatable bonds is 3. The van der Waals surface area contributed by atoms with Crippen LogP contribution in [0.5, 0.6) is 0 Å². The molecular formula is C13H12KN3O4S. The van der Waals surface area contributed by atoms with Crippen molar-refractivity contribution >= 4 is 21.8 Å². The molecule has 1 aromatic carbocycles. The van der Waals surface area contributed by atoms with Crippen LogP contribution < -0.4 is 56.3 Å². The summed E-state index contributed by atoms with van der Waals surface area (Å²) in [6.45, 7) is 0.656. The van der Waals surface area contributed by atoms with Crippen molar-refractivity contribution in [2.24, 2.45) is 0 Å². The predicted molar refractivity (Wildman–Crippen MR) is 73.1 cm³/mol. The minimum Gasteiger partial charge on any atom is -0.744 e. The van der Waals surface area contributed by atoms with E-state index in [1.807, 2.05) is 0 Å². The Balaban J connectivity index is 0.00000176. The summed E-state index contributed by atoms with van der Waals surface area (Å²) in [6.07, 6.45) is 3.03. The zero-order chi connectivity index (χ0) is 15.0. The first-order valence-corrected chi connectivity index (χ1v) is 7.78. The second kappa shape index (κ2) is 6.91. The zero-order valence-electron chi connectivity index (χ0n) is 12.0. The van der Waals surface area contributed by atoms with E-state index >= 15 is 0 Å². The van der Waals surface area contributed by atoms with E-state index < -0.39 is 10.1 Å².